The van der Waals surface area contributed by atoms with Crippen molar-refractivity contribution in [2.45, 2.75) is 32.7 Å². The molecule has 1 heterocycles. The third-order valence-corrected chi connectivity index (χ3v) is 4.36. The Bertz CT molecular complexity index is 580. The van der Waals surface area contributed by atoms with Crippen LogP contribution in [0, 0.1) is 11.3 Å². The number of carbonyl (C=O) groups is 1. The molecule has 0 bridgehead atoms. The first-order chi connectivity index (χ1) is 9.94. The van der Waals surface area contributed by atoms with Crippen LogP contribution < -0.4 is 10.2 Å². The van der Waals surface area contributed by atoms with Crippen molar-refractivity contribution in [3.05, 3.63) is 29.3 Å². The van der Waals surface area contributed by atoms with E-state index in [0.717, 1.165) is 17.9 Å². The number of halogens is 1. The fraction of sp³-hybridized carbons (Fsp3) is 0.500. The van der Waals surface area contributed by atoms with Gasteiger partial charge in [-0.3, -0.25) is 4.79 Å². The van der Waals surface area contributed by atoms with Gasteiger partial charge in [-0.1, -0.05) is 25.4 Å². The Hall–Kier alpha value is -1.55. The molecule has 5 heteroatoms. The van der Waals surface area contributed by atoms with Crippen molar-refractivity contribution in [2.24, 2.45) is 16.4 Å². The van der Waals surface area contributed by atoms with Crippen LogP contribution in [-0.4, -0.2) is 24.1 Å². The maximum absolute atomic E-state index is 12.4. The molecule has 1 N–H and O–H groups in total. The molecule has 1 aromatic rings. The quantitative estimate of drug-likeness (QED) is 0.934. The summed E-state index contributed by atoms with van der Waals surface area (Å²) in [6.45, 7) is 4.60. The minimum absolute atomic E-state index is 0.0489. The highest BCUT2D eigenvalue weighted by Gasteiger charge is 2.45. The monoisotopic (exact) mass is 306 g/mol. The third-order valence-electron chi connectivity index (χ3n) is 4.11. The van der Waals surface area contributed by atoms with E-state index in [2.05, 4.69) is 24.4 Å². The number of rotatable bonds is 3. The van der Waals surface area contributed by atoms with Crippen molar-refractivity contribution in [1.82, 2.24) is 5.43 Å². The second-order valence-electron chi connectivity index (χ2n) is 6.57. The van der Waals surface area contributed by atoms with Crippen molar-refractivity contribution in [2.75, 3.05) is 6.61 Å². The van der Waals surface area contributed by atoms with Gasteiger partial charge >= 0.3 is 0 Å². The lowest BCUT2D eigenvalue weighted by Crippen LogP contribution is -2.46. The predicted molar refractivity (Wildman–Crippen MR) is 82.8 cm³/mol. The first kappa shape index (κ1) is 14.4. The molecule has 4 nitrogen and oxygen atoms in total. The molecule has 3 rings (SSSR count). The average molecular weight is 307 g/mol. The zero-order valence-electron chi connectivity index (χ0n) is 12.2. The molecule has 1 fully saturated rings. The Labute approximate surface area is 129 Å². The fourth-order valence-corrected chi connectivity index (χ4v) is 3.30. The van der Waals surface area contributed by atoms with Gasteiger partial charge in [0.1, 0.15) is 18.1 Å². The van der Waals surface area contributed by atoms with Crippen molar-refractivity contribution < 1.29 is 9.53 Å². The number of carbonyl (C=O) groups excluding carboxylic acids is 1. The maximum Gasteiger partial charge on any atom is 0.144 e. The summed E-state index contributed by atoms with van der Waals surface area (Å²) >= 11 is 5.84. The molecule has 1 aliphatic heterocycles. The van der Waals surface area contributed by atoms with Crippen molar-refractivity contribution in [3.8, 4) is 5.75 Å². The van der Waals surface area contributed by atoms with Gasteiger partial charge in [-0.25, -0.2) is 0 Å². The number of nitrogens with one attached hydrogen (secondary N) is 1. The summed E-state index contributed by atoms with van der Waals surface area (Å²) in [6.07, 6.45) is 1.56. The Morgan fingerprint density at radius 2 is 2.10 bits per heavy atom. The third kappa shape index (κ3) is 3.05. The van der Waals surface area contributed by atoms with E-state index in [0.29, 0.717) is 18.1 Å². The largest absolute Gasteiger partial charge is 0.488 e. The van der Waals surface area contributed by atoms with Crippen LogP contribution in [-0.2, 0) is 4.79 Å². The standard InChI is InChI=1S/C16H19ClN2O2/c1-16(2)7-12-15(14(20)8-16)13(19-18-12)9-21-11-5-3-10(17)4-6-11/h3-6,12,15,18H,7-9H2,1-2H3. The van der Waals surface area contributed by atoms with Gasteiger partial charge < -0.3 is 10.2 Å². The Morgan fingerprint density at radius 1 is 1.38 bits per heavy atom. The number of nitrogens with zero attached hydrogens (tertiary/aromatic N) is 1. The number of hydrogen-bond donors (Lipinski definition) is 1. The molecule has 0 radical (unpaired) electrons. The van der Waals surface area contributed by atoms with E-state index in [1.807, 2.05) is 12.1 Å². The van der Waals surface area contributed by atoms with Crippen LogP contribution >= 0.6 is 11.6 Å². The van der Waals surface area contributed by atoms with E-state index in [1.54, 1.807) is 12.1 Å². The summed E-state index contributed by atoms with van der Waals surface area (Å²) in [5.41, 5.74) is 3.96. The Morgan fingerprint density at radius 3 is 2.81 bits per heavy atom. The molecule has 0 saturated heterocycles. The van der Waals surface area contributed by atoms with Gasteiger partial charge in [-0.05, 0) is 36.1 Å². The first-order valence-electron chi connectivity index (χ1n) is 7.18. The zero-order chi connectivity index (χ0) is 15.0. The number of benzene rings is 1. The number of hydrogen-bond acceptors (Lipinski definition) is 4. The molecule has 1 aliphatic carbocycles. The highest BCUT2D eigenvalue weighted by molar-refractivity contribution is 6.30. The molecule has 0 spiro atoms. The predicted octanol–water partition coefficient (Wildman–Crippen LogP) is 3.05. The summed E-state index contributed by atoms with van der Waals surface area (Å²) in [6, 6.07) is 7.30. The maximum atomic E-state index is 12.4. The highest BCUT2D eigenvalue weighted by Crippen LogP contribution is 2.38. The van der Waals surface area contributed by atoms with Crippen LogP contribution in [0.3, 0.4) is 0 Å². The van der Waals surface area contributed by atoms with Crippen LogP contribution in [0.2, 0.25) is 5.02 Å². The second kappa shape index (κ2) is 5.34. The number of fused-ring (bicyclic) bond motifs is 1. The van der Waals surface area contributed by atoms with E-state index >= 15 is 0 Å². The smallest absolute Gasteiger partial charge is 0.144 e. The van der Waals surface area contributed by atoms with E-state index in [4.69, 9.17) is 16.3 Å². The fourth-order valence-electron chi connectivity index (χ4n) is 3.18. The molecule has 1 aromatic carbocycles. The summed E-state index contributed by atoms with van der Waals surface area (Å²) in [4.78, 5) is 12.4. The molecule has 112 valence electrons. The van der Waals surface area contributed by atoms with Crippen LogP contribution in [0.5, 0.6) is 5.75 Å². The minimum atomic E-state index is -0.134. The minimum Gasteiger partial charge on any atom is -0.488 e. The molecule has 2 aliphatic rings. The topological polar surface area (TPSA) is 50.7 Å². The normalized spacial score (nSPS) is 26.8. The van der Waals surface area contributed by atoms with Crippen molar-refractivity contribution in [1.29, 1.82) is 0 Å². The van der Waals surface area contributed by atoms with Crippen molar-refractivity contribution >= 4 is 23.1 Å². The van der Waals surface area contributed by atoms with Crippen LogP contribution in [0.1, 0.15) is 26.7 Å². The van der Waals surface area contributed by atoms with Gasteiger partial charge in [0.2, 0.25) is 0 Å². The van der Waals surface area contributed by atoms with Crippen LogP contribution in [0.4, 0.5) is 0 Å². The van der Waals surface area contributed by atoms with E-state index in [9.17, 15) is 4.79 Å². The van der Waals surface area contributed by atoms with Gasteiger partial charge in [0.05, 0.1) is 17.7 Å². The molecule has 1 saturated carbocycles. The van der Waals surface area contributed by atoms with Crippen LogP contribution in [0.25, 0.3) is 0 Å². The summed E-state index contributed by atoms with van der Waals surface area (Å²) in [5.74, 6) is 0.860. The lowest BCUT2D eigenvalue weighted by molar-refractivity contribution is -0.126. The van der Waals surface area contributed by atoms with Gasteiger partial charge in [0.15, 0.2) is 0 Å². The van der Waals surface area contributed by atoms with Gasteiger partial charge in [0, 0.05) is 11.4 Å². The summed E-state index contributed by atoms with van der Waals surface area (Å²) in [7, 11) is 0. The first-order valence-corrected chi connectivity index (χ1v) is 7.55. The zero-order valence-corrected chi connectivity index (χ0v) is 13.0. The molecule has 21 heavy (non-hydrogen) atoms. The van der Waals surface area contributed by atoms with Crippen LogP contribution in [0.15, 0.2) is 29.4 Å². The number of Topliss-reactive ketones (excluding diaryl/α,β-unsaturated/α-hetero) is 1. The summed E-state index contributed by atoms with van der Waals surface area (Å²) < 4.78 is 5.71. The number of ether oxygens (including phenoxy) is 1. The molecule has 2 atom stereocenters. The lowest BCUT2D eigenvalue weighted by Gasteiger charge is -2.36. The Balaban J connectivity index is 1.65. The SMILES string of the molecule is CC1(C)CC(=O)C2C(COc3ccc(Cl)cc3)=NNC2C1. The number of ketones is 1. The average Bonchev–Trinajstić information content (AvgIpc) is 2.79. The second-order valence-corrected chi connectivity index (χ2v) is 7.01. The molecule has 2 unspecified atom stereocenters. The Kier molecular flexibility index (Phi) is 3.66. The van der Waals surface area contributed by atoms with E-state index in [1.165, 1.54) is 0 Å². The van der Waals surface area contributed by atoms with Gasteiger partial charge in [-0.2, -0.15) is 5.10 Å². The molecular formula is C16H19ClN2O2. The molecule has 0 aromatic heterocycles. The lowest BCUT2D eigenvalue weighted by atomic mass is 9.69. The highest BCUT2D eigenvalue weighted by atomic mass is 35.5. The van der Waals surface area contributed by atoms with E-state index in [-0.39, 0.29) is 23.2 Å². The van der Waals surface area contributed by atoms with E-state index < -0.39 is 0 Å². The molecule has 0 amide bonds. The van der Waals surface area contributed by atoms with Crippen molar-refractivity contribution in [3.63, 3.8) is 0 Å². The van der Waals surface area contributed by atoms with Gasteiger partial charge in [-0.15, -0.1) is 0 Å². The molecular weight excluding hydrogens is 288 g/mol. The van der Waals surface area contributed by atoms with Gasteiger partial charge in [0.25, 0.3) is 0 Å². The number of hydrazone groups is 1. The summed E-state index contributed by atoms with van der Waals surface area (Å²) in [5, 5.41) is 5.00.